The Morgan fingerprint density at radius 3 is 2.12 bits per heavy atom. The molecule has 1 aliphatic rings. The molecule has 0 bridgehead atoms. The first-order chi connectivity index (χ1) is 10.9. The zero-order chi connectivity index (χ0) is 18.3. The zero-order valence-corrected chi connectivity index (χ0v) is 14.4. The van der Waals surface area contributed by atoms with E-state index in [9.17, 15) is 18.0 Å². The van der Waals surface area contributed by atoms with Gasteiger partial charge in [-0.3, -0.25) is 4.79 Å². The van der Waals surface area contributed by atoms with Crippen LogP contribution in [-0.2, 0) is 20.3 Å². The summed E-state index contributed by atoms with van der Waals surface area (Å²) in [5.74, 6) is -0.366. The third kappa shape index (κ3) is 3.75. The Balaban J connectivity index is 2.43. The number of nitrogens with one attached hydrogen (secondary N) is 1. The second kappa shape index (κ2) is 6.08. The van der Waals surface area contributed by atoms with Crippen molar-refractivity contribution in [1.29, 1.82) is 0 Å². The minimum absolute atomic E-state index is 0.0707. The van der Waals surface area contributed by atoms with Gasteiger partial charge >= 0.3 is 13.3 Å². The lowest BCUT2D eigenvalue weighted by molar-refractivity contribution is -0.137. The minimum Gasteiger partial charge on any atom is -0.399 e. The molecule has 132 valence electrons. The Morgan fingerprint density at radius 2 is 1.67 bits per heavy atom. The molecule has 1 amide bonds. The van der Waals surface area contributed by atoms with Crippen LogP contribution >= 0.6 is 0 Å². The quantitative estimate of drug-likeness (QED) is 0.857. The first-order valence-corrected chi connectivity index (χ1v) is 7.73. The lowest BCUT2D eigenvalue weighted by atomic mass is 9.78. The standard InChI is InChI=1S/C16H21BF3NO3/c1-6-13(22)21-12-8-10(16(18,19)20)7-11(9-12)17-23-14(2,3)15(4,5)24-17/h7-9H,6H2,1-5H3,(H,21,22). The first-order valence-electron chi connectivity index (χ1n) is 7.73. The number of halogens is 3. The van der Waals surface area contributed by atoms with Crippen LogP contribution < -0.4 is 10.8 Å². The largest absolute Gasteiger partial charge is 0.494 e. The van der Waals surface area contributed by atoms with Crippen molar-refractivity contribution in [2.45, 2.75) is 58.4 Å². The van der Waals surface area contributed by atoms with Crippen molar-refractivity contribution in [3.63, 3.8) is 0 Å². The van der Waals surface area contributed by atoms with Crippen molar-refractivity contribution >= 4 is 24.2 Å². The zero-order valence-electron chi connectivity index (χ0n) is 14.4. The van der Waals surface area contributed by atoms with Gasteiger partial charge in [0.15, 0.2) is 0 Å². The van der Waals surface area contributed by atoms with Gasteiger partial charge in [-0.1, -0.05) is 13.0 Å². The van der Waals surface area contributed by atoms with E-state index in [1.54, 1.807) is 6.92 Å². The molecule has 0 atom stereocenters. The van der Waals surface area contributed by atoms with Gasteiger partial charge in [-0.2, -0.15) is 13.2 Å². The number of amides is 1. The summed E-state index contributed by atoms with van der Waals surface area (Å²) in [5.41, 5.74) is -1.91. The Morgan fingerprint density at radius 1 is 1.12 bits per heavy atom. The molecule has 1 aromatic carbocycles. The van der Waals surface area contributed by atoms with Crippen molar-refractivity contribution in [2.24, 2.45) is 0 Å². The molecule has 0 radical (unpaired) electrons. The van der Waals surface area contributed by atoms with Crippen LogP contribution in [-0.4, -0.2) is 24.2 Å². The number of rotatable bonds is 3. The van der Waals surface area contributed by atoms with Gasteiger partial charge in [0.1, 0.15) is 0 Å². The maximum atomic E-state index is 13.2. The molecule has 0 aliphatic carbocycles. The molecule has 0 unspecified atom stereocenters. The maximum Gasteiger partial charge on any atom is 0.494 e. The topological polar surface area (TPSA) is 47.6 Å². The SMILES string of the molecule is CCC(=O)Nc1cc(B2OC(C)(C)C(C)(C)O2)cc(C(F)(F)F)c1. The predicted molar refractivity (Wildman–Crippen MR) is 86.1 cm³/mol. The monoisotopic (exact) mass is 343 g/mol. The van der Waals surface area contributed by atoms with Gasteiger partial charge in [-0.25, -0.2) is 0 Å². The summed E-state index contributed by atoms with van der Waals surface area (Å²) >= 11 is 0. The average Bonchev–Trinajstić information content (AvgIpc) is 2.66. The van der Waals surface area contributed by atoms with Gasteiger partial charge in [0.05, 0.1) is 16.8 Å². The second-order valence-corrected chi connectivity index (χ2v) is 6.83. The molecule has 1 aliphatic heterocycles. The van der Waals surface area contributed by atoms with E-state index < -0.39 is 30.1 Å². The summed E-state index contributed by atoms with van der Waals surface area (Å²) in [6.45, 7) is 8.90. The highest BCUT2D eigenvalue weighted by Crippen LogP contribution is 2.37. The van der Waals surface area contributed by atoms with Gasteiger partial charge in [0, 0.05) is 12.1 Å². The number of hydrogen-bond donors (Lipinski definition) is 1. The Kier molecular flexibility index (Phi) is 4.76. The van der Waals surface area contributed by atoms with E-state index in [2.05, 4.69) is 5.32 Å². The minimum atomic E-state index is -4.54. The molecule has 1 heterocycles. The molecule has 0 spiro atoms. The van der Waals surface area contributed by atoms with Crippen molar-refractivity contribution in [3.8, 4) is 0 Å². The van der Waals surface area contributed by atoms with E-state index >= 15 is 0 Å². The molecule has 1 saturated heterocycles. The summed E-state index contributed by atoms with van der Waals surface area (Å²) in [7, 11) is -0.936. The van der Waals surface area contributed by atoms with Crippen LogP contribution in [0.2, 0.25) is 0 Å². The van der Waals surface area contributed by atoms with Gasteiger partial charge in [0.25, 0.3) is 0 Å². The normalized spacial score (nSPS) is 19.4. The van der Waals surface area contributed by atoms with Crippen molar-refractivity contribution in [3.05, 3.63) is 23.8 Å². The summed E-state index contributed by atoms with van der Waals surface area (Å²) in [5, 5.41) is 2.46. The van der Waals surface area contributed by atoms with Gasteiger partial charge in [-0.15, -0.1) is 0 Å². The van der Waals surface area contributed by atoms with Crippen LogP contribution in [0.15, 0.2) is 18.2 Å². The van der Waals surface area contributed by atoms with Gasteiger partial charge in [0.2, 0.25) is 5.91 Å². The van der Waals surface area contributed by atoms with E-state index in [-0.39, 0.29) is 23.5 Å². The Bertz CT molecular complexity index is 628. The van der Waals surface area contributed by atoms with Crippen molar-refractivity contribution < 1.29 is 27.3 Å². The van der Waals surface area contributed by atoms with Crippen LogP contribution in [0.1, 0.15) is 46.6 Å². The molecule has 2 rings (SSSR count). The van der Waals surface area contributed by atoms with Gasteiger partial charge < -0.3 is 14.6 Å². The fourth-order valence-electron chi connectivity index (χ4n) is 2.25. The van der Waals surface area contributed by atoms with Gasteiger partial charge in [-0.05, 0) is 45.3 Å². The van der Waals surface area contributed by atoms with E-state index in [0.717, 1.165) is 12.1 Å². The molecule has 24 heavy (non-hydrogen) atoms. The highest BCUT2D eigenvalue weighted by Gasteiger charge is 2.52. The number of carbonyl (C=O) groups excluding carboxylic acids is 1. The van der Waals surface area contributed by atoms with Crippen LogP contribution in [0.3, 0.4) is 0 Å². The van der Waals surface area contributed by atoms with Crippen LogP contribution in [0.5, 0.6) is 0 Å². The number of hydrogen-bond acceptors (Lipinski definition) is 3. The third-order valence-corrected chi connectivity index (χ3v) is 4.41. The summed E-state index contributed by atoms with van der Waals surface area (Å²) < 4.78 is 51.1. The smallest absolute Gasteiger partial charge is 0.399 e. The number of anilines is 1. The first kappa shape index (κ1) is 18.8. The molecule has 1 fully saturated rings. The second-order valence-electron chi connectivity index (χ2n) is 6.83. The molecular formula is C16H21BF3NO3. The fraction of sp³-hybridized carbons (Fsp3) is 0.562. The van der Waals surface area contributed by atoms with E-state index in [1.807, 2.05) is 27.7 Å². The predicted octanol–water partition coefficient (Wildman–Crippen LogP) is 3.35. The number of benzene rings is 1. The van der Waals surface area contributed by atoms with Crippen LogP contribution in [0.4, 0.5) is 18.9 Å². The number of alkyl halides is 3. The lowest BCUT2D eigenvalue weighted by Gasteiger charge is -2.32. The molecule has 1 aromatic rings. The highest BCUT2D eigenvalue weighted by atomic mass is 19.4. The maximum absolute atomic E-state index is 13.2. The van der Waals surface area contributed by atoms with Crippen LogP contribution in [0.25, 0.3) is 0 Å². The fourth-order valence-corrected chi connectivity index (χ4v) is 2.25. The summed E-state index contributed by atoms with van der Waals surface area (Å²) in [6.07, 6.45) is -4.37. The van der Waals surface area contributed by atoms with E-state index in [4.69, 9.17) is 9.31 Å². The van der Waals surface area contributed by atoms with Crippen molar-refractivity contribution in [2.75, 3.05) is 5.32 Å². The molecule has 4 nitrogen and oxygen atoms in total. The summed E-state index contributed by atoms with van der Waals surface area (Å²) in [6, 6.07) is 3.34. The molecule has 1 N–H and O–H groups in total. The Hall–Kier alpha value is -1.54. The molecular weight excluding hydrogens is 322 g/mol. The lowest BCUT2D eigenvalue weighted by Crippen LogP contribution is -2.41. The Labute approximate surface area is 139 Å². The van der Waals surface area contributed by atoms with Crippen LogP contribution in [0, 0.1) is 0 Å². The number of carbonyl (C=O) groups is 1. The third-order valence-electron chi connectivity index (χ3n) is 4.41. The average molecular weight is 343 g/mol. The molecule has 8 heteroatoms. The van der Waals surface area contributed by atoms with Crippen molar-refractivity contribution in [1.82, 2.24) is 0 Å². The molecule has 0 saturated carbocycles. The highest BCUT2D eigenvalue weighted by molar-refractivity contribution is 6.62. The van der Waals surface area contributed by atoms with E-state index in [0.29, 0.717) is 0 Å². The summed E-state index contributed by atoms with van der Waals surface area (Å²) in [4.78, 5) is 11.5. The molecule has 0 aromatic heterocycles. The van der Waals surface area contributed by atoms with E-state index in [1.165, 1.54) is 6.07 Å².